The molecule has 0 fully saturated rings. The third-order valence-electron chi connectivity index (χ3n) is 3.77. The van der Waals surface area contributed by atoms with Crippen molar-refractivity contribution < 1.29 is 9.47 Å². The van der Waals surface area contributed by atoms with Crippen molar-refractivity contribution in [2.75, 3.05) is 17.4 Å². The second-order valence-corrected chi connectivity index (χ2v) is 5.91. The maximum Gasteiger partial charge on any atom is 0.231 e. The molecule has 0 spiro atoms. The number of nitrogens with zero attached hydrogens (tertiary/aromatic N) is 2. The summed E-state index contributed by atoms with van der Waals surface area (Å²) in [6.45, 7) is 4.25. The van der Waals surface area contributed by atoms with Gasteiger partial charge in [0.15, 0.2) is 11.5 Å². The Balaban J connectivity index is 1.57. The molecule has 0 saturated carbocycles. The Morgan fingerprint density at radius 3 is 2.56 bits per heavy atom. The molecule has 126 valence electrons. The zero-order valence-corrected chi connectivity index (χ0v) is 14.0. The number of hydrogen-bond donors (Lipinski definition) is 2. The van der Waals surface area contributed by atoms with Crippen LogP contribution in [-0.2, 0) is 0 Å². The van der Waals surface area contributed by atoms with E-state index < -0.39 is 0 Å². The molecule has 2 N–H and O–H groups in total. The van der Waals surface area contributed by atoms with Crippen molar-refractivity contribution in [3.63, 3.8) is 0 Å². The van der Waals surface area contributed by atoms with Crippen LogP contribution < -0.4 is 20.1 Å². The zero-order chi connectivity index (χ0) is 17.2. The monoisotopic (exact) mass is 334 g/mol. The maximum atomic E-state index is 5.41. The van der Waals surface area contributed by atoms with Crippen LogP contribution in [0.1, 0.15) is 11.3 Å². The lowest BCUT2D eigenvalue weighted by atomic mass is 10.2. The minimum absolute atomic E-state index is 0.260. The number of nitrogens with one attached hydrogen (secondary N) is 2. The van der Waals surface area contributed by atoms with Crippen molar-refractivity contribution in [3.8, 4) is 11.5 Å². The summed E-state index contributed by atoms with van der Waals surface area (Å²) in [4.78, 5) is 8.99. The number of benzene rings is 2. The topological polar surface area (TPSA) is 68.3 Å². The summed E-state index contributed by atoms with van der Waals surface area (Å²) in [5.74, 6) is 2.75. The number of rotatable bonds is 4. The molecule has 0 atom stereocenters. The Kier molecular flexibility index (Phi) is 3.85. The van der Waals surface area contributed by atoms with Crippen LogP contribution in [0.2, 0.25) is 0 Å². The number of aromatic nitrogens is 2. The number of aryl methyl sites for hydroxylation is 2. The Labute approximate surface area is 145 Å². The van der Waals surface area contributed by atoms with E-state index in [2.05, 4.69) is 39.7 Å². The average molecular weight is 334 g/mol. The molecule has 1 aromatic heterocycles. The molecule has 1 aliphatic rings. The SMILES string of the molecule is Cc1cccc(Nc2nc(C)cc(Nc3ccc4c(c3)OCO4)n2)c1. The quantitative estimate of drug-likeness (QED) is 0.741. The van der Waals surface area contributed by atoms with Crippen LogP contribution in [0.3, 0.4) is 0 Å². The van der Waals surface area contributed by atoms with E-state index in [1.54, 1.807) is 0 Å². The molecule has 3 aromatic rings. The molecule has 6 heteroatoms. The Morgan fingerprint density at radius 1 is 0.840 bits per heavy atom. The van der Waals surface area contributed by atoms with E-state index in [-0.39, 0.29) is 6.79 Å². The predicted molar refractivity (Wildman–Crippen MR) is 97.1 cm³/mol. The van der Waals surface area contributed by atoms with Gasteiger partial charge in [-0.3, -0.25) is 0 Å². The molecule has 0 amide bonds. The van der Waals surface area contributed by atoms with Gasteiger partial charge in [0, 0.05) is 29.2 Å². The number of ether oxygens (including phenoxy) is 2. The van der Waals surface area contributed by atoms with Gasteiger partial charge in [-0.25, -0.2) is 4.98 Å². The van der Waals surface area contributed by atoms with Crippen LogP contribution in [-0.4, -0.2) is 16.8 Å². The average Bonchev–Trinajstić information content (AvgIpc) is 3.02. The first-order valence-corrected chi connectivity index (χ1v) is 8.02. The number of fused-ring (bicyclic) bond motifs is 1. The second kappa shape index (κ2) is 6.32. The number of anilines is 4. The van der Waals surface area contributed by atoms with E-state index in [1.807, 2.05) is 43.3 Å². The van der Waals surface area contributed by atoms with Gasteiger partial charge in [-0.2, -0.15) is 4.98 Å². The molecule has 0 radical (unpaired) electrons. The third-order valence-corrected chi connectivity index (χ3v) is 3.77. The van der Waals surface area contributed by atoms with E-state index >= 15 is 0 Å². The summed E-state index contributed by atoms with van der Waals surface area (Å²) in [6.07, 6.45) is 0. The van der Waals surface area contributed by atoms with Gasteiger partial charge in [0.2, 0.25) is 12.7 Å². The van der Waals surface area contributed by atoms with E-state index in [0.717, 1.165) is 28.6 Å². The van der Waals surface area contributed by atoms with Gasteiger partial charge in [-0.05, 0) is 43.7 Å². The third kappa shape index (κ3) is 3.47. The van der Waals surface area contributed by atoms with Crippen LogP contribution in [0.25, 0.3) is 0 Å². The summed E-state index contributed by atoms with van der Waals surface area (Å²) < 4.78 is 10.7. The maximum absolute atomic E-state index is 5.41. The van der Waals surface area contributed by atoms with Gasteiger partial charge < -0.3 is 20.1 Å². The first-order chi connectivity index (χ1) is 12.2. The van der Waals surface area contributed by atoms with Crippen LogP contribution >= 0.6 is 0 Å². The fraction of sp³-hybridized carbons (Fsp3) is 0.158. The molecule has 2 heterocycles. The van der Waals surface area contributed by atoms with Gasteiger partial charge in [0.1, 0.15) is 5.82 Å². The van der Waals surface area contributed by atoms with Crippen molar-refractivity contribution in [3.05, 3.63) is 59.8 Å². The molecular weight excluding hydrogens is 316 g/mol. The summed E-state index contributed by atoms with van der Waals surface area (Å²) in [6, 6.07) is 15.7. The van der Waals surface area contributed by atoms with Crippen molar-refractivity contribution in [2.24, 2.45) is 0 Å². The van der Waals surface area contributed by atoms with Gasteiger partial charge in [0.25, 0.3) is 0 Å². The van der Waals surface area contributed by atoms with Crippen molar-refractivity contribution in [2.45, 2.75) is 13.8 Å². The standard InChI is InChI=1S/C19H18N4O2/c1-12-4-3-5-14(8-12)22-19-20-13(2)9-18(23-19)21-15-6-7-16-17(10-15)25-11-24-16/h3-10H,11H2,1-2H3,(H2,20,21,22,23). The highest BCUT2D eigenvalue weighted by atomic mass is 16.7. The molecule has 0 bridgehead atoms. The van der Waals surface area contributed by atoms with Crippen LogP contribution in [0.15, 0.2) is 48.5 Å². The van der Waals surface area contributed by atoms with E-state index in [4.69, 9.17) is 9.47 Å². The van der Waals surface area contributed by atoms with Crippen LogP contribution in [0.4, 0.5) is 23.1 Å². The molecule has 6 nitrogen and oxygen atoms in total. The highest BCUT2D eigenvalue weighted by Crippen LogP contribution is 2.35. The highest BCUT2D eigenvalue weighted by Gasteiger charge is 2.13. The molecule has 0 unspecified atom stereocenters. The summed E-state index contributed by atoms with van der Waals surface area (Å²) in [7, 11) is 0. The fourth-order valence-corrected chi connectivity index (χ4v) is 2.66. The van der Waals surface area contributed by atoms with E-state index in [9.17, 15) is 0 Å². The summed E-state index contributed by atoms with van der Waals surface area (Å²) in [5, 5.41) is 6.53. The summed E-state index contributed by atoms with van der Waals surface area (Å²) >= 11 is 0. The first-order valence-electron chi connectivity index (χ1n) is 8.02. The van der Waals surface area contributed by atoms with Gasteiger partial charge in [-0.15, -0.1) is 0 Å². The minimum Gasteiger partial charge on any atom is -0.454 e. The lowest BCUT2D eigenvalue weighted by Crippen LogP contribution is -2.02. The molecular formula is C19H18N4O2. The molecule has 2 aromatic carbocycles. The molecule has 1 aliphatic heterocycles. The summed E-state index contributed by atoms with van der Waals surface area (Å²) in [5.41, 5.74) is 3.88. The zero-order valence-electron chi connectivity index (χ0n) is 14.0. The largest absolute Gasteiger partial charge is 0.454 e. The Morgan fingerprint density at radius 2 is 1.68 bits per heavy atom. The minimum atomic E-state index is 0.260. The van der Waals surface area contributed by atoms with E-state index in [1.165, 1.54) is 5.56 Å². The smallest absolute Gasteiger partial charge is 0.231 e. The van der Waals surface area contributed by atoms with E-state index in [0.29, 0.717) is 11.8 Å². The predicted octanol–water partition coefficient (Wildman–Crippen LogP) is 4.31. The van der Waals surface area contributed by atoms with Crippen LogP contribution in [0.5, 0.6) is 11.5 Å². The molecule has 0 saturated heterocycles. The fourth-order valence-electron chi connectivity index (χ4n) is 2.66. The van der Waals surface area contributed by atoms with Gasteiger partial charge in [0.05, 0.1) is 0 Å². The van der Waals surface area contributed by atoms with Crippen molar-refractivity contribution >= 4 is 23.1 Å². The van der Waals surface area contributed by atoms with Crippen LogP contribution in [0, 0.1) is 13.8 Å². The highest BCUT2D eigenvalue weighted by molar-refractivity contribution is 5.63. The molecule has 4 rings (SSSR count). The second-order valence-electron chi connectivity index (χ2n) is 5.91. The van der Waals surface area contributed by atoms with Crippen molar-refractivity contribution in [1.82, 2.24) is 9.97 Å². The Hall–Kier alpha value is -3.28. The normalized spacial score (nSPS) is 12.1. The van der Waals surface area contributed by atoms with Crippen molar-refractivity contribution in [1.29, 1.82) is 0 Å². The molecule has 25 heavy (non-hydrogen) atoms. The van der Waals surface area contributed by atoms with Gasteiger partial charge >= 0.3 is 0 Å². The van der Waals surface area contributed by atoms with Gasteiger partial charge in [-0.1, -0.05) is 12.1 Å². The Bertz CT molecular complexity index is 927. The lowest BCUT2D eigenvalue weighted by Gasteiger charge is -2.11. The number of hydrogen-bond acceptors (Lipinski definition) is 6. The lowest BCUT2D eigenvalue weighted by molar-refractivity contribution is 0.174. The molecule has 0 aliphatic carbocycles. The first kappa shape index (κ1) is 15.3.